The third kappa shape index (κ3) is 3.18. The summed E-state index contributed by atoms with van der Waals surface area (Å²) in [5, 5.41) is 9.20. The molecule has 0 bridgehead atoms. The highest BCUT2D eigenvalue weighted by molar-refractivity contribution is 5.78. The normalized spacial score (nSPS) is 27.6. The lowest BCUT2D eigenvalue weighted by Crippen LogP contribution is -2.47. The number of nitrogens with two attached hydrogens (primary N) is 1. The molecule has 0 spiro atoms. The van der Waals surface area contributed by atoms with Gasteiger partial charge >= 0.3 is 0 Å². The van der Waals surface area contributed by atoms with Crippen molar-refractivity contribution in [3.05, 3.63) is 0 Å². The summed E-state index contributed by atoms with van der Waals surface area (Å²) in [6.45, 7) is 3.23. The van der Waals surface area contributed by atoms with Crippen LogP contribution in [0, 0.1) is 0 Å². The Kier molecular flexibility index (Phi) is 4.36. The van der Waals surface area contributed by atoms with Crippen molar-refractivity contribution in [2.45, 2.75) is 37.8 Å². The summed E-state index contributed by atoms with van der Waals surface area (Å²) >= 11 is 0. The number of rotatable bonds is 3. The molecule has 0 aromatic rings. The van der Waals surface area contributed by atoms with Crippen LogP contribution >= 0.6 is 0 Å². The second-order valence-electron chi connectivity index (χ2n) is 5.18. The molecule has 17 heavy (non-hydrogen) atoms. The molecule has 2 saturated heterocycles. The average Bonchev–Trinajstić information content (AvgIpc) is 2.80. The Balaban J connectivity index is 1.80. The van der Waals surface area contributed by atoms with E-state index < -0.39 is 0 Å². The zero-order valence-electron chi connectivity index (χ0n) is 10.3. The minimum atomic E-state index is 0.0505. The summed E-state index contributed by atoms with van der Waals surface area (Å²) in [5.74, 6) is 0.164. The van der Waals surface area contributed by atoms with Crippen LogP contribution in [0.4, 0.5) is 0 Å². The number of likely N-dealkylation sites (tertiary alicyclic amines) is 2. The minimum Gasteiger partial charge on any atom is -0.394 e. The summed E-state index contributed by atoms with van der Waals surface area (Å²) in [6, 6.07) is 0.355. The monoisotopic (exact) mass is 241 g/mol. The summed E-state index contributed by atoms with van der Waals surface area (Å²) in [5.41, 5.74) is 5.84. The number of hydrogen-bond donors (Lipinski definition) is 2. The fourth-order valence-electron chi connectivity index (χ4n) is 2.75. The van der Waals surface area contributed by atoms with E-state index in [0.29, 0.717) is 12.6 Å². The van der Waals surface area contributed by atoms with Crippen molar-refractivity contribution in [2.75, 3.05) is 32.8 Å². The molecule has 2 fully saturated rings. The van der Waals surface area contributed by atoms with Crippen LogP contribution in [0.5, 0.6) is 0 Å². The molecule has 0 aromatic heterocycles. The van der Waals surface area contributed by atoms with Gasteiger partial charge in [-0.15, -0.1) is 0 Å². The topological polar surface area (TPSA) is 69.8 Å². The predicted molar refractivity (Wildman–Crippen MR) is 65.5 cm³/mol. The molecule has 2 rings (SSSR count). The summed E-state index contributed by atoms with van der Waals surface area (Å²) in [7, 11) is 0. The molecular weight excluding hydrogens is 218 g/mol. The van der Waals surface area contributed by atoms with Crippen molar-refractivity contribution in [1.29, 1.82) is 0 Å². The molecule has 2 heterocycles. The summed E-state index contributed by atoms with van der Waals surface area (Å²) < 4.78 is 0. The van der Waals surface area contributed by atoms with E-state index in [1.54, 1.807) is 0 Å². The van der Waals surface area contributed by atoms with Crippen molar-refractivity contribution in [1.82, 2.24) is 9.80 Å². The third-order valence-corrected chi connectivity index (χ3v) is 3.90. The number of nitrogens with zero attached hydrogens (tertiary/aromatic N) is 2. The molecule has 0 aromatic carbocycles. The molecule has 0 unspecified atom stereocenters. The Hall–Kier alpha value is -0.650. The lowest BCUT2D eigenvalue weighted by atomic mass is 10.1. The van der Waals surface area contributed by atoms with E-state index in [1.165, 1.54) is 0 Å². The quantitative estimate of drug-likeness (QED) is 0.692. The number of aliphatic hydroxyl groups excluding tert-OH is 1. The van der Waals surface area contributed by atoms with E-state index in [-0.39, 0.29) is 18.6 Å². The number of piperidine rings is 1. The number of carbonyl (C=O) groups is 1. The molecule has 0 saturated carbocycles. The van der Waals surface area contributed by atoms with E-state index in [4.69, 9.17) is 5.73 Å². The van der Waals surface area contributed by atoms with Crippen molar-refractivity contribution < 1.29 is 9.90 Å². The Morgan fingerprint density at radius 3 is 2.59 bits per heavy atom. The van der Waals surface area contributed by atoms with Gasteiger partial charge in [-0.25, -0.2) is 0 Å². The molecule has 98 valence electrons. The number of amides is 1. The SMILES string of the molecule is NC1CCN(CC(=O)N2CCC[C@@H]2CO)CC1. The van der Waals surface area contributed by atoms with E-state index in [2.05, 4.69) is 4.90 Å². The van der Waals surface area contributed by atoms with Crippen LogP contribution in [0.15, 0.2) is 0 Å². The lowest BCUT2D eigenvalue weighted by Gasteiger charge is -2.32. The van der Waals surface area contributed by atoms with Crippen LogP contribution in [-0.4, -0.2) is 65.7 Å². The van der Waals surface area contributed by atoms with Gasteiger partial charge in [-0.1, -0.05) is 0 Å². The van der Waals surface area contributed by atoms with Crippen LogP contribution in [0.25, 0.3) is 0 Å². The van der Waals surface area contributed by atoms with Gasteiger partial charge in [0.1, 0.15) is 0 Å². The smallest absolute Gasteiger partial charge is 0.237 e. The second kappa shape index (κ2) is 5.80. The van der Waals surface area contributed by atoms with Gasteiger partial charge in [-0.3, -0.25) is 9.69 Å². The van der Waals surface area contributed by atoms with E-state index in [1.807, 2.05) is 4.90 Å². The number of hydrogen-bond acceptors (Lipinski definition) is 4. The number of carbonyl (C=O) groups excluding carboxylic acids is 1. The highest BCUT2D eigenvalue weighted by atomic mass is 16.3. The molecule has 5 heteroatoms. The Morgan fingerprint density at radius 1 is 1.24 bits per heavy atom. The Labute approximate surface area is 103 Å². The predicted octanol–water partition coefficient (Wildman–Crippen LogP) is -0.607. The molecule has 1 amide bonds. The van der Waals surface area contributed by atoms with Crippen LogP contribution in [0.3, 0.4) is 0 Å². The zero-order chi connectivity index (χ0) is 12.3. The van der Waals surface area contributed by atoms with Gasteiger partial charge < -0.3 is 15.7 Å². The number of aliphatic hydroxyl groups is 1. The standard InChI is InChI=1S/C12H23N3O2/c13-10-3-6-14(7-4-10)8-12(17)15-5-1-2-11(15)9-16/h10-11,16H,1-9,13H2/t11-/m1/s1. The van der Waals surface area contributed by atoms with Crippen LogP contribution < -0.4 is 5.73 Å². The maximum atomic E-state index is 12.1. The molecule has 2 aliphatic heterocycles. The largest absolute Gasteiger partial charge is 0.394 e. The lowest BCUT2D eigenvalue weighted by molar-refractivity contribution is -0.134. The van der Waals surface area contributed by atoms with Gasteiger partial charge in [0.25, 0.3) is 0 Å². The highest BCUT2D eigenvalue weighted by Gasteiger charge is 2.29. The first-order valence-electron chi connectivity index (χ1n) is 6.59. The van der Waals surface area contributed by atoms with E-state index in [9.17, 15) is 9.90 Å². The van der Waals surface area contributed by atoms with Crippen molar-refractivity contribution in [3.63, 3.8) is 0 Å². The molecule has 0 aliphatic carbocycles. The first kappa shape index (κ1) is 12.8. The Morgan fingerprint density at radius 2 is 1.94 bits per heavy atom. The zero-order valence-corrected chi connectivity index (χ0v) is 10.3. The molecule has 0 radical (unpaired) electrons. The van der Waals surface area contributed by atoms with Crippen molar-refractivity contribution >= 4 is 5.91 Å². The Bertz CT molecular complexity index is 264. The third-order valence-electron chi connectivity index (χ3n) is 3.90. The first-order chi connectivity index (χ1) is 8.20. The van der Waals surface area contributed by atoms with E-state index in [0.717, 1.165) is 45.3 Å². The molecule has 2 aliphatic rings. The first-order valence-corrected chi connectivity index (χ1v) is 6.59. The molecule has 1 atom stereocenters. The maximum absolute atomic E-state index is 12.1. The van der Waals surface area contributed by atoms with Gasteiger partial charge in [0.2, 0.25) is 5.91 Å². The van der Waals surface area contributed by atoms with Crippen molar-refractivity contribution in [3.8, 4) is 0 Å². The second-order valence-corrected chi connectivity index (χ2v) is 5.18. The van der Waals surface area contributed by atoms with Crippen LogP contribution in [0.1, 0.15) is 25.7 Å². The summed E-state index contributed by atoms with van der Waals surface area (Å²) in [6.07, 6.45) is 3.92. The van der Waals surface area contributed by atoms with Crippen molar-refractivity contribution in [2.24, 2.45) is 5.73 Å². The molecular formula is C12H23N3O2. The summed E-state index contributed by atoms with van der Waals surface area (Å²) in [4.78, 5) is 16.1. The van der Waals surface area contributed by atoms with Crippen LogP contribution in [-0.2, 0) is 4.79 Å². The fraction of sp³-hybridized carbons (Fsp3) is 0.917. The molecule has 5 nitrogen and oxygen atoms in total. The van der Waals surface area contributed by atoms with E-state index >= 15 is 0 Å². The maximum Gasteiger partial charge on any atom is 0.237 e. The van der Waals surface area contributed by atoms with Gasteiger partial charge in [-0.05, 0) is 25.7 Å². The van der Waals surface area contributed by atoms with Gasteiger partial charge in [0.05, 0.1) is 19.2 Å². The molecule has 3 N–H and O–H groups in total. The van der Waals surface area contributed by atoms with Crippen LogP contribution in [0.2, 0.25) is 0 Å². The highest BCUT2D eigenvalue weighted by Crippen LogP contribution is 2.17. The van der Waals surface area contributed by atoms with Gasteiger partial charge in [-0.2, -0.15) is 0 Å². The average molecular weight is 241 g/mol. The minimum absolute atomic E-state index is 0.0505. The van der Waals surface area contributed by atoms with Gasteiger partial charge in [0, 0.05) is 25.7 Å². The van der Waals surface area contributed by atoms with Gasteiger partial charge in [0.15, 0.2) is 0 Å². The fourth-order valence-corrected chi connectivity index (χ4v) is 2.75.